The summed E-state index contributed by atoms with van der Waals surface area (Å²) in [5.41, 5.74) is 15.5. The molecule has 0 radical (unpaired) electrons. The molecule has 2 heterocycles. The normalized spacial score (nSPS) is 18.8. The zero-order valence-corrected chi connectivity index (χ0v) is 19.3. The summed E-state index contributed by atoms with van der Waals surface area (Å²) in [5, 5.41) is 20.8. The van der Waals surface area contributed by atoms with Gasteiger partial charge in [0.15, 0.2) is 11.3 Å². The maximum atomic E-state index is 9.42. The summed E-state index contributed by atoms with van der Waals surface area (Å²) in [6.07, 6.45) is 5.07. The van der Waals surface area contributed by atoms with Gasteiger partial charge in [0.25, 0.3) is 0 Å². The number of fused-ring (bicyclic) bond motifs is 1. The second-order valence-corrected chi connectivity index (χ2v) is 8.80. The highest BCUT2D eigenvalue weighted by Gasteiger charge is 2.26. The Hall–Kier alpha value is -2.95. The molecule has 178 valence electrons. The molecule has 7 N–H and O–H groups in total. The molecule has 1 aromatic carbocycles. The lowest BCUT2D eigenvalue weighted by atomic mass is 9.82. The molecule has 10 heteroatoms. The number of nitrogens with two attached hydrogens (primary N) is 2. The molecule has 4 rings (SSSR count). The van der Waals surface area contributed by atoms with Crippen LogP contribution in [0.5, 0.6) is 5.75 Å². The van der Waals surface area contributed by atoms with E-state index in [9.17, 15) is 5.11 Å². The second-order valence-electron chi connectivity index (χ2n) is 8.80. The number of aliphatic hydroxyl groups is 1. The molecule has 33 heavy (non-hydrogen) atoms. The third kappa shape index (κ3) is 5.70. The van der Waals surface area contributed by atoms with E-state index in [0.29, 0.717) is 29.3 Å². The van der Waals surface area contributed by atoms with Gasteiger partial charge in [0.1, 0.15) is 11.3 Å². The van der Waals surface area contributed by atoms with Gasteiger partial charge in [-0.25, -0.2) is 4.98 Å². The van der Waals surface area contributed by atoms with Gasteiger partial charge in [-0.05, 0) is 43.4 Å². The van der Waals surface area contributed by atoms with Crippen LogP contribution in [0.2, 0.25) is 0 Å². The van der Waals surface area contributed by atoms with Gasteiger partial charge in [-0.3, -0.25) is 4.68 Å². The number of nitrogens with one attached hydrogen (secondary N) is 2. The van der Waals surface area contributed by atoms with E-state index in [1.54, 1.807) is 7.11 Å². The minimum absolute atomic E-state index is 0.113. The van der Waals surface area contributed by atoms with Gasteiger partial charge in [0.05, 0.1) is 32.1 Å². The fourth-order valence-corrected chi connectivity index (χ4v) is 4.21. The van der Waals surface area contributed by atoms with E-state index in [-0.39, 0.29) is 18.2 Å². The van der Waals surface area contributed by atoms with Crippen LogP contribution in [0, 0.1) is 5.92 Å². The van der Waals surface area contributed by atoms with Crippen molar-refractivity contribution < 1.29 is 9.84 Å². The molecule has 1 saturated carbocycles. The molecule has 0 saturated heterocycles. The lowest BCUT2D eigenvalue weighted by molar-refractivity contribution is 0.0430. The highest BCUT2D eigenvalue weighted by molar-refractivity contribution is 5.85. The lowest BCUT2D eigenvalue weighted by Crippen LogP contribution is -2.35. The Morgan fingerprint density at radius 2 is 2.12 bits per heavy atom. The molecule has 0 amide bonds. The summed E-state index contributed by atoms with van der Waals surface area (Å²) in [5.74, 6) is 2.11. The number of hydrogen-bond donors (Lipinski definition) is 5. The number of aliphatic hydroxyl groups excluding tert-OH is 1. The van der Waals surface area contributed by atoms with Crippen LogP contribution in [0.3, 0.4) is 0 Å². The molecular formula is C23H34N8O2. The summed E-state index contributed by atoms with van der Waals surface area (Å²) in [7, 11) is 1.68. The van der Waals surface area contributed by atoms with Gasteiger partial charge in [-0.2, -0.15) is 10.1 Å². The number of anilines is 2. The van der Waals surface area contributed by atoms with Gasteiger partial charge in [0, 0.05) is 12.1 Å². The molecule has 1 fully saturated rings. The van der Waals surface area contributed by atoms with Crippen molar-refractivity contribution in [2.24, 2.45) is 11.7 Å². The largest absolute Gasteiger partial charge is 0.496 e. The van der Waals surface area contributed by atoms with Crippen LogP contribution in [0.15, 0.2) is 24.4 Å². The minimum Gasteiger partial charge on any atom is -0.496 e. The van der Waals surface area contributed by atoms with Gasteiger partial charge in [0.2, 0.25) is 5.95 Å². The molecule has 0 bridgehead atoms. The fraction of sp³-hybridized carbons (Fsp3) is 0.522. The molecule has 3 aromatic rings. The molecule has 1 aliphatic rings. The Bertz CT molecular complexity index is 1080. The number of rotatable bonds is 11. The third-order valence-corrected chi connectivity index (χ3v) is 6.01. The molecule has 1 atom stereocenters. The van der Waals surface area contributed by atoms with E-state index in [2.05, 4.69) is 50.8 Å². The van der Waals surface area contributed by atoms with Gasteiger partial charge in [-0.1, -0.05) is 25.5 Å². The van der Waals surface area contributed by atoms with Crippen LogP contribution in [0.4, 0.5) is 11.8 Å². The predicted molar refractivity (Wildman–Crippen MR) is 129 cm³/mol. The van der Waals surface area contributed by atoms with E-state index >= 15 is 0 Å². The van der Waals surface area contributed by atoms with Gasteiger partial charge in [-0.15, -0.1) is 0 Å². The van der Waals surface area contributed by atoms with Crippen molar-refractivity contribution in [3.05, 3.63) is 35.5 Å². The van der Waals surface area contributed by atoms with E-state index in [0.717, 1.165) is 55.6 Å². The summed E-state index contributed by atoms with van der Waals surface area (Å²) in [6.45, 7) is 4.28. The van der Waals surface area contributed by atoms with E-state index in [4.69, 9.17) is 16.2 Å². The van der Waals surface area contributed by atoms with E-state index in [1.807, 2.05) is 10.9 Å². The van der Waals surface area contributed by atoms with Crippen LogP contribution in [-0.4, -0.2) is 50.8 Å². The quantitative estimate of drug-likeness (QED) is 0.273. The van der Waals surface area contributed by atoms with Crippen LogP contribution in [0.25, 0.3) is 11.0 Å². The van der Waals surface area contributed by atoms with E-state index in [1.165, 1.54) is 0 Å². The Morgan fingerprint density at radius 1 is 1.30 bits per heavy atom. The SMILES string of the molecule is CCCC(N)Nc1nc(N)nc2cn(Cc3ccc(CNCC4CC(O)C4)cc3OC)nc12. The Balaban J connectivity index is 1.46. The Kier molecular flexibility index (Phi) is 7.26. The van der Waals surface area contributed by atoms with Crippen LogP contribution in [-0.2, 0) is 13.1 Å². The third-order valence-electron chi connectivity index (χ3n) is 6.01. The van der Waals surface area contributed by atoms with Gasteiger partial charge < -0.3 is 31.9 Å². The second kappa shape index (κ2) is 10.3. The molecule has 1 aliphatic carbocycles. The van der Waals surface area contributed by atoms with Crippen molar-refractivity contribution in [1.82, 2.24) is 25.1 Å². The van der Waals surface area contributed by atoms with Crippen molar-refractivity contribution in [2.75, 3.05) is 24.7 Å². The number of methoxy groups -OCH3 is 1. The molecule has 2 aromatic heterocycles. The topological polar surface area (TPSA) is 149 Å². The van der Waals surface area contributed by atoms with Crippen LogP contribution >= 0.6 is 0 Å². The van der Waals surface area contributed by atoms with Crippen molar-refractivity contribution in [3.8, 4) is 5.75 Å². The zero-order chi connectivity index (χ0) is 23.4. The zero-order valence-electron chi connectivity index (χ0n) is 19.3. The number of nitrogen functional groups attached to an aromatic ring is 1. The Labute approximate surface area is 193 Å². The smallest absolute Gasteiger partial charge is 0.222 e. The first-order chi connectivity index (χ1) is 15.9. The highest BCUT2D eigenvalue weighted by atomic mass is 16.5. The number of nitrogens with zero attached hydrogens (tertiary/aromatic N) is 4. The minimum atomic E-state index is -0.228. The van der Waals surface area contributed by atoms with Crippen molar-refractivity contribution >= 4 is 22.8 Å². The molecular weight excluding hydrogens is 420 g/mol. The lowest BCUT2D eigenvalue weighted by Gasteiger charge is -2.31. The summed E-state index contributed by atoms with van der Waals surface area (Å²) in [4.78, 5) is 8.62. The number of hydrogen-bond acceptors (Lipinski definition) is 9. The fourth-order valence-electron chi connectivity index (χ4n) is 4.21. The monoisotopic (exact) mass is 454 g/mol. The predicted octanol–water partition coefficient (Wildman–Crippen LogP) is 1.82. The average Bonchev–Trinajstić information content (AvgIpc) is 3.16. The van der Waals surface area contributed by atoms with Crippen molar-refractivity contribution in [3.63, 3.8) is 0 Å². The first-order valence-electron chi connectivity index (χ1n) is 11.5. The number of ether oxygens (including phenoxy) is 1. The molecule has 0 spiro atoms. The number of benzene rings is 1. The molecule has 10 nitrogen and oxygen atoms in total. The molecule has 1 unspecified atom stereocenters. The summed E-state index contributed by atoms with van der Waals surface area (Å²) >= 11 is 0. The summed E-state index contributed by atoms with van der Waals surface area (Å²) < 4.78 is 7.46. The maximum absolute atomic E-state index is 9.42. The Morgan fingerprint density at radius 3 is 2.85 bits per heavy atom. The first-order valence-corrected chi connectivity index (χ1v) is 11.5. The standard InChI is InChI=1S/C23H34N8O2/c1-3-4-20(24)28-22-21-18(27-23(25)29-22)13-31(30-21)12-16-6-5-14(9-19(16)33-2)10-26-11-15-7-17(32)8-15/h5-6,9,13,15,17,20,26,32H,3-4,7-8,10-12,24H2,1-2H3,(H3,25,27,28,29). The van der Waals surface area contributed by atoms with Crippen molar-refractivity contribution in [1.29, 1.82) is 0 Å². The van der Waals surface area contributed by atoms with Gasteiger partial charge >= 0.3 is 0 Å². The highest BCUT2D eigenvalue weighted by Crippen LogP contribution is 2.27. The summed E-state index contributed by atoms with van der Waals surface area (Å²) in [6, 6.07) is 6.21. The maximum Gasteiger partial charge on any atom is 0.222 e. The van der Waals surface area contributed by atoms with Crippen LogP contribution in [0.1, 0.15) is 43.7 Å². The number of aromatic nitrogens is 4. The molecule has 0 aliphatic heterocycles. The van der Waals surface area contributed by atoms with Crippen molar-refractivity contribution in [2.45, 2.75) is 58.0 Å². The van der Waals surface area contributed by atoms with Crippen LogP contribution < -0.4 is 26.8 Å². The first kappa shape index (κ1) is 23.2. The van der Waals surface area contributed by atoms with E-state index < -0.39 is 0 Å². The average molecular weight is 455 g/mol.